The summed E-state index contributed by atoms with van der Waals surface area (Å²) in [5.74, 6) is -2.09. The maximum atomic E-state index is 12.7. The smallest absolute Gasteiger partial charge is 0.314 e. The van der Waals surface area contributed by atoms with E-state index in [0.29, 0.717) is 11.5 Å². The van der Waals surface area contributed by atoms with E-state index in [-0.39, 0.29) is 0 Å². The number of rotatable bonds is 9. The third-order valence-electron chi connectivity index (χ3n) is 2.01. The van der Waals surface area contributed by atoms with Crippen molar-refractivity contribution in [2.24, 2.45) is 0 Å². The zero-order valence-corrected chi connectivity index (χ0v) is 16.3. The fourth-order valence-electron chi connectivity index (χ4n) is 1.34. The molecular weight excluding hydrogens is 367 g/mol. The molecule has 0 aliphatic rings. The van der Waals surface area contributed by atoms with Gasteiger partial charge in [0.25, 0.3) is 0 Å². The second-order valence-corrected chi connectivity index (χ2v) is 15.8. The Morgan fingerprint density at radius 2 is 1.90 bits per heavy atom. The van der Waals surface area contributed by atoms with Gasteiger partial charge in [0.2, 0.25) is 8.87 Å². The molecule has 1 atom stereocenters. The summed E-state index contributed by atoms with van der Waals surface area (Å²) in [7, 11) is -2.37. The van der Waals surface area contributed by atoms with Gasteiger partial charge in [-0.3, -0.25) is 4.57 Å². The highest BCUT2D eigenvalue weighted by Gasteiger charge is 2.25. The second kappa shape index (κ2) is 8.89. The van der Waals surface area contributed by atoms with E-state index in [2.05, 4.69) is 0 Å². The third-order valence-corrected chi connectivity index (χ3v) is 11.5. The van der Waals surface area contributed by atoms with Crippen LogP contribution in [0.1, 0.15) is 20.3 Å². The molecule has 0 heterocycles. The van der Waals surface area contributed by atoms with Crippen LogP contribution >= 0.6 is 39.3 Å². The minimum absolute atomic E-state index is 0.388. The van der Waals surface area contributed by atoms with E-state index in [1.807, 2.05) is 19.9 Å². The molecule has 0 amide bonds. The maximum Gasteiger partial charge on any atom is 0.317 e. The fourth-order valence-corrected chi connectivity index (χ4v) is 10.3. The zero-order chi connectivity index (χ0) is 15.9. The van der Waals surface area contributed by atoms with Crippen molar-refractivity contribution < 1.29 is 17.5 Å². The van der Waals surface area contributed by atoms with E-state index in [1.165, 1.54) is 29.0 Å². The zero-order valence-electron chi connectivity index (χ0n) is 12.1. The van der Waals surface area contributed by atoms with Crippen molar-refractivity contribution >= 4 is 48.2 Å². The summed E-state index contributed by atoms with van der Waals surface area (Å²) in [6, 6.07) is 7.03. The summed E-state index contributed by atoms with van der Waals surface area (Å²) in [6.07, 6.45) is 2.09. The van der Waals surface area contributed by atoms with Gasteiger partial charge in [-0.25, -0.2) is 8.42 Å². The first-order valence-corrected chi connectivity index (χ1v) is 14.2. The molecule has 0 saturated carbocycles. The molecule has 120 valence electrons. The van der Waals surface area contributed by atoms with Crippen molar-refractivity contribution in [3.05, 3.63) is 24.3 Å². The van der Waals surface area contributed by atoms with Crippen molar-refractivity contribution in [2.75, 3.05) is 18.6 Å². The van der Waals surface area contributed by atoms with Gasteiger partial charge in [-0.05, 0) is 42.9 Å². The summed E-state index contributed by atoms with van der Waals surface area (Å²) < 4.78 is 40.8. The monoisotopic (exact) mass is 386 g/mol. The first-order valence-electron chi connectivity index (χ1n) is 6.36. The molecule has 0 radical (unpaired) electrons. The largest absolute Gasteiger partial charge is 0.317 e. The lowest BCUT2D eigenvalue weighted by Gasteiger charge is -2.16. The lowest BCUT2D eigenvalue weighted by molar-refractivity contribution is 0.357. The molecule has 1 aromatic carbocycles. The lowest BCUT2D eigenvalue weighted by atomic mass is 10.4. The van der Waals surface area contributed by atoms with Crippen molar-refractivity contribution in [2.45, 2.75) is 30.1 Å². The van der Waals surface area contributed by atoms with Crippen molar-refractivity contribution in [3.63, 3.8) is 0 Å². The van der Waals surface area contributed by atoms with Crippen LogP contribution in [0.2, 0.25) is 0 Å². The van der Waals surface area contributed by atoms with Crippen LogP contribution in [0.4, 0.5) is 0 Å². The Balaban J connectivity index is 2.89. The molecule has 0 aromatic heterocycles. The molecular formula is C12H19O4PS4. The molecule has 0 aliphatic heterocycles. The normalized spacial score (nSPS) is 14.8. The Morgan fingerprint density at radius 1 is 1.24 bits per heavy atom. The molecule has 4 nitrogen and oxygen atoms in total. The molecule has 1 rings (SSSR count). The minimum Gasteiger partial charge on any atom is -0.314 e. The lowest BCUT2D eigenvalue weighted by Crippen LogP contribution is -1.88. The van der Waals surface area contributed by atoms with Gasteiger partial charge >= 0.3 is 5.77 Å². The molecule has 0 saturated heterocycles. The molecule has 1 aromatic rings. The van der Waals surface area contributed by atoms with Crippen LogP contribution in [0, 0.1) is 0 Å². The molecule has 21 heavy (non-hydrogen) atoms. The highest BCUT2D eigenvalue weighted by molar-refractivity contribution is 8.89. The Bertz CT molecular complexity index is 603. The SMILES string of the molecule is CCCSP(=O)(OCC)Sc1cccc(SS(C)(=O)=O)c1. The summed E-state index contributed by atoms with van der Waals surface area (Å²) in [6.45, 7) is 4.23. The molecule has 1 unspecified atom stereocenters. The van der Waals surface area contributed by atoms with Crippen LogP contribution < -0.4 is 0 Å². The van der Waals surface area contributed by atoms with Crippen LogP contribution in [0.15, 0.2) is 34.1 Å². The summed E-state index contributed by atoms with van der Waals surface area (Å²) in [5.41, 5.74) is 0. The quantitative estimate of drug-likeness (QED) is 0.431. The minimum atomic E-state index is -3.16. The van der Waals surface area contributed by atoms with Gasteiger partial charge in [-0.2, -0.15) is 0 Å². The molecule has 0 bridgehead atoms. The standard InChI is InChI=1S/C12H19O4PS4/c1-4-9-18-17(13,16-5-2)19-11-7-6-8-12(10-11)20-21(3,14)15/h6-8,10H,4-5,9H2,1-3H3. The average molecular weight is 387 g/mol. The number of hydrogen-bond donors (Lipinski definition) is 0. The Kier molecular flexibility index (Phi) is 8.24. The predicted octanol–water partition coefficient (Wildman–Crippen LogP) is 5.12. The molecule has 0 aliphatic carbocycles. The third kappa shape index (κ3) is 8.00. The summed E-state index contributed by atoms with van der Waals surface area (Å²) in [5, 5.41) is 0. The van der Waals surface area contributed by atoms with E-state index >= 15 is 0 Å². The van der Waals surface area contributed by atoms with Gasteiger partial charge in [0.15, 0.2) is 0 Å². The summed E-state index contributed by atoms with van der Waals surface area (Å²) in [4.78, 5) is 1.37. The summed E-state index contributed by atoms with van der Waals surface area (Å²) >= 11 is 2.52. The van der Waals surface area contributed by atoms with Crippen LogP contribution in [0.5, 0.6) is 0 Å². The Labute approximate surface area is 138 Å². The van der Waals surface area contributed by atoms with Crippen LogP contribution in [-0.4, -0.2) is 27.0 Å². The van der Waals surface area contributed by atoms with E-state index < -0.39 is 14.6 Å². The maximum absolute atomic E-state index is 12.7. The first-order chi connectivity index (χ1) is 9.78. The van der Waals surface area contributed by atoms with Gasteiger partial charge in [0.1, 0.15) is 0 Å². The average Bonchev–Trinajstić information content (AvgIpc) is 2.35. The second-order valence-electron chi connectivity index (χ2n) is 4.05. The topological polar surface area (TPSA) is 60.4 Å². The highest BCUT2D eigenvalue weighted by atomic mass is 33.1. The molecule has 0 N–H and O–H groups in total. The predicted molar refractivity (Wildman–Crippen MR) is 95.0 cm³/mol. The first kappa shape index (κ1) is 19.5. The van der Waals surface area contributed by atoms with Gasteiger partial charge in [-0.1, -0.05) is 24.4 Å². The van der Waals surface area contributed by atoms with Crippen molar-refractivity contribution in [3.8, 4) is 0 Å². The number of benzene rings is 1. The van der Waals surface area contributed by atoms with E-state index in [1.54, 1.807) is 18.2 Å². The van der Waals surface area contributed by atoms with E-state index in [0.717, 1.165) is 27.9 Å². The van der Waals surface area contributed by atoms with Crippen molar-refractivity contribution in [1.29, 1.82) is 0 Å². The van der Waals surface area contributed by atoms with Gasteiger partial charge in [0, 0.05) is 32.6 Å². The Hall–Kier alpha value is 0.410. The van der Waals surface area contributed by atoms with Gasteiger partial charge in [0.05, 0.1) is 6.61 Å². The molecule has 9 heteroatoms. The van der Waals surface area contributed by atoms with Gasteiger partial charge < -0.3 is 4.52 Å². The van der Waals surface area contributed by atoms with Crippen LogP contribution in [-0.2, 0) is 18.0 Å². The highest BCUT2D eigenvalue weighted by Crippen LogP contribution is 2.72. The van der Waals surface area contributed by atoms with Crippen LogP contribution in [0.3, 0.4) is 0 Å². The van der Waals surface area contributed by atoms with E-state index in [9.17, 15) is 13.0 Å². The fraction of sp³-hybridized carbons (Fsp3) is 0.500. The Morgan fingerprint density at radius 3 is 2.48 bits per heavy atom. The van der Waals surface area contributed by atoms with Gasteiger partial charge in [-0.15, -0.1) is 0 Å². The van der Waals surface area contributed by atoms with E-state index in [4.69, 9.17) is 4.52 Å². The number of hydrogen-bond acceptors (Lipinski definition) is 7. The van der Waals surface area contributed by atoms with Crippen LogP contribution in [0.25, 0.3) is 0 Å². The molecule has 0 spiro atoms. The molecule has 0 fully saturated rings. The van der Waals surface area contributed by atoms with Crippen molar-refractivity contribution in [1.82, 2.24) is 0 Å².